The Hall–Kier alpha value is -0.230. The van der Waals surface area contributed by atoms with Crippen molar-refractivity contribution in [2.75, 3.05) is 0 Å². The van der Waals surface area contributed by atoms with E-state index in [0.29, 0.717) is 20.1 Å². The average Bonchev–Trinajstić information content (AvgIpc) is 2.40. The molecule has 0 aromatic heterocycles. The SMILES string of the molecule is FC(F)(F)c1cc(Br)ccc1C(Br)c1cc(Cl)ccc1Cl. The first kappa shape index (κ1) is 17.1. The second-order valence-electron chi connectivity index (χ2n) is 4.26. The van der Waals surface area contributed by atoms with E-state index < -0.39 is 16.6 Å². The lowest BCUT2D eigenvalue weighted by atomic mass is 9.99. The maximum absolute atomic E-state index is 13.2. The van der Waals surface area contributed by atoms with Gasteiger partial charge in [0.05, 0.1) is 10.4 Å². The van der Waals surface area contributed by atoms with Crippen molar-refractivity contribution >= 4 is 55.1 Å². The van der Waals surface area contributed by atoms with Crippen molar-refractivity contribution in [3.05, 3.63) is 67.6 Å². The minimum atomic E-state index is -4.46. The standard InChI is InChI=1S/C14H7Br2Cl2F3/c15-7-1-3-9(11(5-7)14(19,20)21)13(16)10-6-8(17)2-4-12(10)18/h1-6,13H. The molecule has 0 heterocycles. The predicted molar refractivity (Wildman–Crippen MR) is 86.4 cm³/mol. The molecule has 2 aromatic carbocycles. The fraction of sp³-hybridized carbons (Fsp3) is 0.143. The van der Waals surface area contributed by atoms with Crippen LogP contribution in [0.25, 0.3) is 0 Å². The second kappa shape index (κ2) is 6.49. The van der Waals surface area contributed by atoms with Gasteiger partial charge in [0.25, 0.3) is 0 Å². The Balaban J connectivity index is 2.58. The summed E-state index contributed by atoms with van der Waals surface area (Å²) in [5.74, 6) is 0. The van der Waals surface area contributed by atoms with Crippen molar-refractivity contribution in [3.63, 3.8) is 0 Å². The summed E-state index contributed by atoms with van der Waals surface area (Å²) in [7, 11) is 0. The normalized spacial score (nSPS) is 13.3. The van der Waals surface area contributed by atoms with Gasteiger partial charge in [-0.15, -0.1) is 0 Å². The van der Waals surface area contributed by atoms with Crippen LogP contribution in [-0.2, 0) is 6.18 Å². The lowest BCUT2D eigenvalue weighted by Crippen LogP contribution is -2.11. The van der Waals surface area contributed by atoms with Gasteiger partial charge in [0.2, 0.25) is 0 Å². The molecule has 0 bridgehead atoms. The smallest absolute Gasteiger partial charge is 0.166 e. The first-order valence-corrected chi connectivity index (χ1v) is 8.12. The van der Waals surface area contributed by atoms with Gasteiger partial charge in [-0.2, -0.15) is 13.2 Å². The first-order chi connectivity index (χ1) is 9.70. The summed E-state index contributed by atoms with van der Waals surface area (Å²) in [6, 6.07) is 8.69. The van der Waals surface area contributed by atoms with Gasteiger partial charge in [0, 0.05) is 14.5 Å². The molecule has 0 saturated carbocycles. The minimum Gasteiger partial charge on any atom is -0.166 e. The van der Waals surface area contributed by atoms with Crippen molar-refractivity contribution in [2.24, 2.45) is 0 Å². The molecule has 0 spiro atoms. The van der Waals surface area contributed by atoms with Crippen LogP contribution in [0.5, 0.6) is 0 Å². The third kappa shape index (κ3) is 3.95. The molecule has 2 rings (SSSR count). The Morgan fingerprint density at radius 2 is 1.62 bits per heavy atom. The van der Waals surface area contributed by atoms with Gasteiger partial charge in [0.15, 0.2) is 0 Å². The Morgan fingerprint density at radius 1 is 0.952 bits per heavy atom. The van der Waals surface area contributed by atoms with Crippen LogP contribution < -0.4 is 0 Å². The third-order valence-corrected chi connectivity index (χ3v) is 4.88. The van der Waals surface area contributed by atoms with Gasteiger partial charge >= 0.3 is 6.18 Å². The Bertz CT molecular complexity index is 672. The molecular formula is C14H7Br2Cl2F3. The summed E-state index contributed by atoms with van der Waals surface area (Å²) < 4.78 is 39.9. The topological polar surface area (TPSA) is 0 Å². The monoisotopic (exact) mass is 460 g/mol. The number of hydrogen-bond donors (Lipinski definition) is 0. The van der Waals surface area contributed by atoms with E-state index in [2.05, 4.69) is 31.9 Å². The quantitative estimate of drug-likeness (QED) is 0.412. The van der Waals surface area contributed by atoms with E-state index in [4.69, 9.17) is 23.2 Å². The third-order valence-electron chi connectivity index (χ3n) is 2.82. The zero-order valence-corrected chi connectivity index (χ0v) is 14.9. The number of benzene rings is 2. The Kier molecular flexibility index (Phi) is 5.29. The summed E-state index contributed by atoms with van der Waals surface area (Å²) >= 11 is 18.3. The maximum atomic E-state index is 13.2. The molecule has 1 unspecified atom stereocenters. The lowest BCUT2D eigenvalue weighted by molar-refractivity contribution is -0.138. The van der Waals surface area contributed by atoms with Gasteiger partial charge < -0.3 is 0 Å². The molecule has 0 nitrogen and oxygen atoms in total. The molecular weight excluding hydrogens is 456 g/mol. The highest BCUT2D eigenvalue weighted by Crippen LogP contribution is 2.43. The summed E-state index contributed by atoms with van der Waals surface area (Å²) in [6.07, 6.45) is -4.46. The van der Waals surface area contributed by atoms with Gasteiger partial charge in [-0.3, -0.25) is 0 Å². The number of hydrogen-bond acceptors (Lipinski definition) is 0. The van der Waals surface area contributed by atoms with E-state index in [1.807, 2.05) is 0 Å². The molecule has 0 radical (unpaired) electrons. The summed E-state index contributed by atoms with van der Waals surface area (Å²) in [6.45, 7) is 0. The maximum Gasteiger partial charge on any atom is 0.416 e. The molecule has 0 aliphatic heterocycles. The zero-order chi connectivity index (χ0) is 15.8. The van der Waals surface area contributed by atoms with Gasteiger partial charge in [-0.05, 0) is 41.5 Å². The van der Waals surface area contributed by atoms with Crippen molar-refractivity contribution in [1.29, 1.82) is 0 Å². The molecule has 0 N–H and O–H groups in total. The molecule has 112 valence electrons. The summed E-state index contributed by atoms with van der Waals surface area (Å²) in [5.41, 5.74) is -0.165. The number of alkyl halides is 4. The van der Waals surface area contributed by atoms with E-state index in [-0.39, 0.29) is 5.56 Å². The Morgan fingerprint density at radius 3 is 2.24 bits per heavy atom. The lowest BCUT2D eigenvalue weighted by Gasteiger charge is -2.19. The van der Waals surface area contributed by atoms with Crippen LogP contribution in [0.15, 0.2) is 40.9 Å². The highest BCUT2D eigenvalue weighted by atomic mass is 79.9. The van der Waals surface area contributed by atoms with E-state index in [1.165, 1.54) is 6.07 Å². The largest absolute Gasteiger partial charge is 0.416 e. The molecule has 1 atom stereocenters. The number of rotatable bonds is 2. The second-order valence-corrected chi connectivity index (χ2v) is 6.93. The van der Waals surface area contributed by atoms with Crippen molar-refractivity contribution in [3.8, 4) is 0 Å². The predicted octanol–water partition coefficient (Wildman–Crippen LogP) is 7.26. The molecule has 21 heavy (non-hydrogen) atoms. The van der Waals surface area contributed by atoms with E-state index in [0.717, 1.165) is 6.07 Å². The average molecular weight is 463 g/mol. The minimum absolute atomic E-state index is 0.0786. The first-order valence-electron chi connectivity index (χ1n) is 5.66. The molecule has 2 aromatic rings. The highest BCUT2D eigenvalue weighted by molar-refractivity contribution is 9.10. The molecule has 0 aliphatic rings. The molecule has 7 heteroatoms. The molecule has 0 saturated heterocycles. The van der Waals surface area contributed by atoms with Crippen LogP contribution >= 0.6 is 55.1 Å². The van der Waals surface area contributed by atoms with Crippen LogP contribution in [0.1, 0.15) is 21.5 Å². The van der Waals surface area contributed by atoms with Crippen LogP contribution in [0.3, 0.4) is 0 Å². The van der Waals surface area contributed by atoms with Crippen LogP contribution in [0.2, 0.25) is 10.0 Å². The van der Waals surface area contributed by atoms with Crippen LogP contribution in [-0.4, -0.2) is 0 Å². The van der Waals surface area contributed by atoms with E-state index >= 15 is 0 Å². The summed E-state index contributed by atoms with van der Waals surface area (Å²) in [5, 5.41) is 0.752. The summed E-state index contributed by atoms with van der Waals surface area (Å²) in [4.78, 5) is -0.714. The van der Waals surface area contributed by atoms with E-state index in [9.17, 15) is 13.2 Å². The zero-order valence-electron chi connectivity index (χ0n) is 10.2. The molecule has 0 amide bonds. The fourth-order valence-corrected chi connectivity index (χ4v) is 3.55. The Labute approximate surface area is 146 Å². The molecule has 0 fully saturated rings. The molecule has 0 aliphatic carbocycles. The van der Waals surface area contributed by atoms with Crippen LogP contribution in [0.4, 0.5) is 13.2 Å². The van der Waals surface area contributed by atoms with Crippen molar-refractivity contribution < 1.29 is 13.2 Å². The van der Waals surface area contributed by atoms with Crippen molar-refractivity contribution in [2.45, 2.75) is 11.0 Å². The van der Waals surface area contributed by atoms with E-state index in [1.54, 1.807) is 24.3 Å². The van der Waals surface area contributed by atoms with Crippen molar-refractivity contribution in [1.82, 2.24) is 0 Å². The fourth-order valence-electron chi connectivity index (χ4n) is 1.87. The van der Waals surface area contributed by atoms with Crippen LogP contribution in [0, 0.1) is 0 Å². The van der Waals surface area contributed by atoms with Gasteiger partial charge in [-0.25, -0.2) is 0 Å². The number of halogens is 7. The highest BCUT2D eigenvalue weighted by Gasteiger charge is 2.35. The van der Waals surface area contributed by atoms with Gasteiger partial charge in [-0.1, -0.05) is 61.1 Å². The van der Waals surface area contributed by atoms with Gasteiger partial charge in [0.1, 0.15) is 0 Å².